The van der Waals surface area contributed by atoms with Gasteiger partial charge in [0.15, 0.2) is 0 Å². The summed E-state index contributed by atoms with van der Waals surface area (Å²) in [6.07, 6.45) is 0.235. The molecule has 88 valence electrons. The molecule has 1 aromatic rings. The van der Waals surface area contributed by atoms with Gasteiger partial charge in [-0.1, -0.05) is 18.2 Å². The van der Waals surface area contributed by atoms with Gasteiger partial charge in [-0.05, 0) is 11.6 Å². The molecule has 4 heteroatoms. The lowest BCUT2D eigenvalue weighted by molar-refractivity contribution is -0.119. The predicted molar refractivity (Wildman–Crippen MR) is 63.6 cm³/mol. The largest absolute Gasteiger partial charge is 0.383 e. The van der Waals surface area contributed by atoms with Crippen LogP contribution in [-0.2, 0) is 9.53 Å². The molecule has 0 N–H and O–H groups in total. The maximum absolute atomic E-state index is 12.2. The SMILES string of the molecule is COCCN1C(=O)[C@H](CC#N)c2ccccc21. The van der Waals surface area contributed by atoms with Crippen molar-refractivity contribution in [1.29, 1.82) is 5.26 Å². The van der Waals surface area contributed by atoms with E-state index >= 15 is 0 Å². The van der Waals surface area contributed by atoms with Crippen molar-refractivity contribution in [1.82, 2.24) is 0 Å². The molecule has 1 atom stereocenters. The van der Waals surface area contributed by atoms with Crippen molar-refractivity contribution in [2.75, 3.05) is 25.2 Å². The zero-order valence-corrected chi connectivity index (χ0v) is 9.72. The van der Waals surface area contributed by atoms with Crippen LogP contribution in [0.3, 0.4) is 0 Å². The molecule has 0 saturated heterocycles. The van der Waals surface area contributed by atoms with E-state index in [1.165, 1.54) is 0 Å². The van der Waals surface area contributed by atoms with E-state index in [9.17, 15) is 4.79 Å². The fourth-order valence-electron chi connectivity index (χ4n) is 2.17. The van der Waals surface area contributed by atoms with Crippen LogP contribution in [0.4, 0.5) is 5.69 Å². The van der Waals surface area contributed by atoms with Crippen LogP contribution < -0.4 is 4.90 Å². The third-order valence-corrected chi connectivity index (χ3v) is 2.98. The molecule has 4 nitrogen and oxygen atoms in total. The zero-order chi connectivity index (χ0) is 12.3. The normalized spacial score (nSPS) is 18.0. The second kappa shape index (κ2) is 4.98. The molecule has 0 spiro atoms. The van der Waals surface area contributed by atoms with E-state index in [1.807, 2.05) is 24.3 Å². The fraction of sp³-hybridized carbons (Fsp3) is 0.385. The van der Waals surface area contributed by atoms with Crippen LogP contribution in [0.5, 0.6) is 0 Å². The molecular formula is C13H14N2O2. The summed E-state index contributed by atoms with van der Waals surface area (Å²) >= 11 is 0. The Kier molecular flexibility index (Phi) is 3.40. The maximum atomic E-state index is 12.2. The van der Waals surface area contributed by atoms with Crippen LogP contribution in [0.1, 0.15) is 17.9 Å². The third kappa shape index (κ3) is 2.02. The maximum Gasteiger partial charge on any atom is 0.235 e. The standard InChI is InChI=1S/C13H14N2O2/c1-17-9-8-15-12-5-3-2-4-10(12)11(6-7-14)13(15)16/h2-5,11H,6,8-9H2,1H3/t11-/m1/s1. The number of carbonyl (C=O) groups excluding carboxylic acids is 1. The Bertz CT molecular complexity index is 465. The van der Waals surface area contributed by atoms with Gasteiger partial charge in [-0.15, -0.1) is 0 Å². The first-order valence-corrected chi connectivity index (χ1v) is 5.55. The Morgan fingerprint density at radius 3 is 2.94 bits per heavy atom. The highest BCUT2D eigenvalue weighted by Gasteiger charge is 2.36. The number of amides is 1. The average molecular weight is 230 g/mol. The number of hydrogen-bond donors (Lipinski definition) is 0. The lowest BCUT2D eigenvalue weighted by atomic mass is 9.98. The van der Waals surface area contributed by atoms with Crippen molar-refractivity contribution in [2.45, 2.75) is 12.3 Å². The van der Waals surface area contributed by atoms with Crippen LogP contribution in [-0.4, -0.2) is 26.2 Å². The Morgan fingerprint density at radius 1 is 1.47 bits per heavy atom. The zero-order valence-electron chi connectivity index (χ0n) is 9.72. The highest BCUT2D eigenvalue weighted by atomic mass is 16.5. The first-order valence-electron chi connectivity index (χ1n) is 5.55. The summed E-state index contributed by atoms with van der Waals surface area (Å²) < 4.78 is 5.00. The number of methoxy groups -OCH3 is 1. The number of nitriles is 1. The minimum atomic E-state index is -0.312. The first kappa shape index (κ1) is 11.6. The Morgan fingerprint density at radius 2 is 2.24 bits per heavy atom. The highest BCUT2D eigenvalue weighted by molar-refractivity contribution is 6.05. The molecule has 1 amide bonds. The molecule has 0 saturated carbocycles. The number of rotatable bonds is 4. The molecule has 0 aliphatic carbocycles. The number of benzene rings is 1. The number of hydrogen-bond acceptors (Lipinski definition) is 3. The van der Waals surface area contributed by atoms with Crippen LogP contribution in [0.25, 0.3) is 0 Å². The van der Waals surface area contributed by atoms with E-state index < -0.39 is 0 Å². The summed E-state index contributed by atoms with van der Waals surface area (Å²) in [5.74, 6) is -0.308. The van der Waals surface area contributed by atoms with E-state index in [0.717, 1.165) is 11.3 Å². The third-order valence-electron chi connectivity index (χ3n) is 2.98. The topological polar surface area (TPSA) is 53.3 Å². The van der Waals surface area contributed by atoms with Gasteiger partial charge in [-0.2, -0.15) is 5.26 Å². The molecule has 1 aliphatic rings. The second-order valence-electron chi connectivity index (χ2n) is 3.96. The number of para-hydroxylation sites is 1. The van der Waals surface area contributed by atoms with Crippen molar-refractivity contribution >= 4 is 11.6 Å². The molecule has 17 heavy (non-hydrogen) atoms. The molecular weight excluding hydrogens is 216 g/mol. The molecule has 0 unspecified atom stereocenters. The monoisotopic (exact) mass is 230 g/mol. The Balaban J connectivity index is 2.32. The van der Waals surface area contributed by atoms with Crippen LogP contribution in [0, 0.1) is 11.3 Å². The Hall–Kier alpha value is -1.86. The first-order chi connectivity index (χ1) is 8.29. The molecule has 1 heterocycles. The quantitative estimate of drug-likeness (QED) is 0.790. The van der Waals surface area contributed by atoms with Crippen molar-refractivity contribution in [3.8, 4) is 6.07 Å². The van der Waals surface area contributed by atoms with Crippen LogP contribution >= 0.6 is 0 Å². The molecule has 0 bridgehead atoms. The summed E-state index contributed by atoms with van der Waals surface area (Å²) in [5.41, 5.74) is 1.87. The van der Waals surface area contributed by atoms with E-state index in [2.05, 4.69) is 6.07 Å². The van der Waals surface area contributed by atoms with Crippen molar-refractivity contribution in [2.24, 2.45) is 0 Å². The van der Waals surface area contributed by atoms with Gasteiger partial charge < -0.3 is 9.64 Å². The van der Waals surface area contributed by atoms with Gasteiger partial charge in [0, 0.05) is 19.3 Å². The summed E-state index contributed by atoms with van der Waals surface area (Å²) in [6.45, 7) is 1.04. The van der Waals surface area contributed by atoms with Gasteiger partial charge in [0.05, 0.1) is 25.0 Å². The predicted octanol–water partition coefficient (Wildman–Crippen LogP) is 1.68. The number of anilines is 1. The average Bonchev–Trinajstić information content (AvgIpc) is 2.61. The number of ether oxygens (including phenoxy) is 1. The van der Waals surface area contributed by atoms with Gasteiger partial charge in [0.2, 0.25) is 5.91 Å². The van der Waals surface area contributed by atoms with Crippen LogP contribution in [0.15, 0.2) is 24.3 Å². The summed E-state index contributed by atoms with van der Waals surface area (Å²) in [5, 5.41) is 8.79. The van der Waals surface area contributed by atoms with Crippen LogP contribution in [0.2, 0.25) is 0 Å². The minimum absolute atomic E-state index is 0.00444. The van der Waals surface area contributed by atoms with Gasteiger partial charge >= 0.3 is 0 Å². The Labute approximate surface area is 100 Å². The molecule has 1 aliphatic heterocycles. The van der Waals surface area contributed by atoms with E-state index in [0.29, 0.717) is 13.2 Å². The lowest BCUT2D eigenvalue weighted by Gasteiger charge is -2.16. The lowest BCUT2D eigenvalue weighted by Crippen LogP contribution is -2.31. The number of carbonyl (C=O) groups is 1. The van der Waals surface area contributed by atoms with E-state index in [-0.39, 0.29) is 18.2 Å². The second-order valence-corrected chi connectivity index (χ2v) is 3.96. The smallest absolute Gasteiger partial charge is 0.235 e. The minimum Gasteiger partial charge on any atom is -0.383 e. The molecule has 0 radical (unpaired) electrons. The number of fused-ring (bicyclic) bond motifs is 1. The van der Waals surface area contributed by atoms with E-state index in [4.69, 9.17) is 10.00 Å². The van der Waals surface area contributed by atoms with Gasteiger partial charge in [-0.25, -0.2) is 0 Å². The van der Waals surface area contributed by atoms with Crippen molar-refractivity contribution in [3.63, 3.8) is 0 Å². The summed E-state index contributed by atoms with van der Waals surface area (Å²) in [4.78, 5) is 13.9. The molecule has 1 aromatic carbocycles. The highest BCUT2D eigenvalue weighted by Crippen LogP contribution is 2.38. The fourth-order valence-corrected chi connectivity index (χ4v) is 2.17. The van der Waals surface area contributed by atoms with Gasteiger partial charge in [-0.3, -0.25) is 4.79 Å². The number of nitrogens with zero attached hydrogens (tertiary/aromatic N) is 2. The van der Waals surface area contributed by atoms with Crippen molar-refractivity contribution < 1.29 is 9.53 Å². The van der Waals surface area contributed by atoms with Gasteiger partial charge in [0.25, 0.3) is 0 Å². The van der Waals surface area contributed by atoms with Gasteiger partial charge in [0.1, 0.15) is 0 Å². The van der Waals surface area contributed by atoms with Crippen molar-refractivity contribution in [3.05, 3.63) is 29.8 Å². The summed E-state index contributed by atoms with van der Waals surface area (Å²) in [7, 11) is 1.61. The summed E-state index contributed by atoms with van der Waals surface area (Å²) in [6, 6.07) is 9.72. The van der Waals surface area contributed by atoms with E-state index in [1.54, 1.807) is 12.0 Å². The molecule has 0 fully saturated rings. The molecule has 2 rings (SSSR count). The molecule has 0 aromatic heterocycles.